The van der Waals surface area contributed by atoms with Crippen LogP contribution in [0.1, 0.15) is 24.2 Å². The lowest BCUT2D eigenvalue weighted by molar-refractivity contribution is 0.0961. The Morgan fingerprint density at radius 2 is 1.80 bits per heavy atom. The third kappa shape index (κ3) is 3.27. The fourth-order valence-electron chi connectivity index (χ4n) is 2.78. The van der Waals surface area contributed by atoms with Crippen LogP contribution in [0.25, 0.3) is 11.1 Å². The Labute approximate surface area is 147 Å². The molecule has 25 heavy (non-hydrogen) atoms. The Morgan fingerprint density at radius 1 is 1.04 bits per heavy atom. The van der Waals surface area contributed by atoms with E-state index in [2.05, 4.69) is 13.8 Å². The molecule has 0 atom stereocenters. The highest BCUT2D eigenvalue weighted by Crippen LogP contribution is 2.45. The van der Waals surface area contributed by atoms with Gasteiger partial charge in [-0.3, -0.25) is 4.79 Å². The topological polar surface area (TPSA) is 54.0 Å². The van der Waals surface area contributed by atoms with Crippen LogP contribution >= 0.6 is 0 Å². The zero-order valence-electron chi connectivity index (χ0n) is 14.9. The summed E-state index contributed by atoms with van der Waals surface area (Å²) < 4.78 is 22.4. The van der Waals surface area contributed by atoms with E-state index >= 15 is 0 Å². The lowest BCUT2D eigenvalue weighted by Crippen LogP contribution is -2.07. The molecule has 0 saturated carbocycles. The van der Waals surface area contributed by atoms with E-state index in [0.717, 1.165) is 11.1 Å². The molecule has 3 rings (SSSR count). The number of rotatable bonds is 6. The van der Waals surface area contributed by atoms with Crippen molar-refractivity contribution in [2.24, 2.45) is 5.92 Å². The second kappa shape index (κ2) is 7.05. The SMILES string of the molecule is COc1ccc(-c2ccc3c(c2)OCC3=O)c(OCC(C)C)c1OC. The molecule has 1 aliphatic heterocycles. The molecular weight excluding hydrogens is 320 g/mol. The summed E-state index contributed by atoms with van der Waals surface area (Å²) in [4.78, 5) is 11.8. The highest BCUT2D eigenvalue weighted by Gasteiger charge is 2.23. The Balaban J connectivity index is 2.10. The van der Waals surface area contributed by atoms with Crippen LogP contribution in [-0.4, -0.2) is 33.2 Å². The van der Waals surface area contributed by atoms with Crippen LogP contribution in [0.3, 0.4) is 0 Å². The number of hydrogen-bond acceptors (Lipinski definition) is 5. The molecule has 0 saturated heterocycles. The molecular formula is C20H22O5. The van der Waals surface area contributed by atoms with Gasteiger partial charge in [0.2, 0.25) is 11.5 Å². The van der Waals surface area contributed by atoms with E-state index in [1.54, 1.807) is 20.3 Å². The summed E-state index contributed by atoms with van der Waals surface area (Å²) in [6.45, 7) is 4.82. The number of Topliss-reactive ketones (excluding diaryl/α,β-unsaturated/α-hetero) is 1. The quantitative estimate of drug-likeness (QED) is 0.795. The number of carbonyl (C=O) groups excluding carboxylic acids is 1. The van der Waals surface area contributed by atoms with Crippen molar-refractivity contribution in [3.05, 3.63) is 35.9 Å². The summed E-state index contributed by atoms with van der Waals surface area (Å²) in [6, 6.07) is 9.33. The molecule has 0 amide bonds. The van der Waals surface area contributed by atoms with E-state index in [4.69, 9.17) is 18.9 Å². The molecule has 0 aromatic heterocycles. The first kappa shape index (κ1) is 17.1. The Hall–Kier alpha value is -2.69. The number of carbonyl (C=O) groups is 1. The monoisotopic (exact) mass is 342 g/mol. The predicted molar refractivity (Wildman–Crippen MR) is 95.1 cm³/mol. The smallest absolute Gasteiger partial charge is 0.203 e. The van der Waals surface area contributed by atoms with Crippen LogP contribution in [0.2, 0.25) is 0 Å². The molecule has 5 nitrogen and oxygen atoms in total. The number of hydrogen-bond donors (Lipinski definition) is 0. The van der Waals surface area contributed by atoms with Gasteiger partial charge in [-0.25, -0.2) is 0 Å². The number of benzene rings is 2. The molecule has 132 valence electrons. The average molecular weight is 342 g/mol. The fourth-order valence-corrected chi connectivity index (χ4v) is 2.78. The van der Waals surface area contributed by atoms with Crippen molar-refractivity contribution in [1.82, 2.24) is 0 Å². The molecule has 0 unspecified atom stereocenters. The third-order valence-corrected chi connectivity index (χ3v) is 4.01. The number of ketones is 1. The highest BCUT2D eigenvalue weighted by atomic mass is 16.5. The highest BCUT2D eigenvalue weighted by molar-refractivity contribution is 6.02. The van der Waals surface area contributed by atoms with Gasteiger partial charge in [-0.15, -0.1) is 0 Å². The molecule has 1 heterocycles. The van der Waals surface area contributed by atoms with Crippen LogP contribution in [0, 0.1) is 5.92 Å². The van der Waals surface area contributed by atoms with Crippen LogP contribution in [-0.2, 0) is 0 Å². The van der Waals surface area contributed by atoms with E-state index in [0.29, 0.717) is 41.1 Å². The predicted octanol–water partition coefficient (Wildman–Crippen LogP) is 3.98. The first-order valence-electron chi connectivity index (χ1n) is 8.23. The first-order chi connectivity index (χ1) is 12.0. The summed E-state index contributed by atoms with van der Waals surface area (Å²) in [5, 5.41) is 0. The molecule has 5 heteroatoms. The summed E-state index contributed by atoms with van der Waals surface area (Å²) in [5.41, 5.74) is 2.38. The maximum absolute atomic E-state index is 11.8. The van der Waals surface area contributed by atoms with Crippen molar-refractivity contribution in [2.45, 2.75) is 13.8 Å². The van der Waals surface area contributed by atoms with Crippen LogP contribution in [0.5, 0.6) is 23.0 Å². The molecule has 2 aromatic carbocycles. The number of methoxy groups -OCH3 is 2. The van der Waals surface area contributed by atoms with Gasteiger partial charge >= 0.3 is 0 Å². The number of ether oxygens (including phenoxy) is 4. The van der Waals surface area contributed by atoms with E-state index in [1.807, 2.05) is 24.3 Å². The van der Waals surface area contributed by atoms with Gasteiger partial charge in [0.25, 0.3) is 0 Å². The van der Waals surface area contributed by atoms with Gasteiger partial charge in [0.05, 0.1) is 26.4 Å². The first-order valence-corrected chi connectivity index (χ1v) is 8.23. The Bertz CT molecular complexity index is 795. The van der Waals surface area contributed by atoms with Crippen molar-refractivity contribution < 1.29 is 23.7 Å². The van der Waals surface area contributed by atoms with Crippen LogP contribution < -0.4 is 18.9 Å². The zero-order valence-corrected chi connectivity index (χ0v) is 14.9. The molecule has 0 bridgehead atoms. The maximum Gasteiger partial charge on any atom is 0.203 e. The van der Waals surface area contributed by atoms with Crippen molar-refractivity contribution in [1.29, 1.82) is 0 Å². The second-order valence-corrected chi connectivity index (χ2v) is 6.31. The minimum absolute atomic E-state index is 0.00476. The molecule has 2 aromatic rings. The van der Waals surface area contributed by atoms with Crippen LogP contribution in [0.15, 0.2) is 30.3 Å². The van der Waals surface area contributed by atoms with E-state index in [-0.39, 0.29) is 12.4 Å². The second-order valence-electron chi connectivity index (χ2n) is 6.31. The standard InChI is InChI=1S/C20H22O5/c1-12(2)10-25-19-14(7-8-17(22-3)20(19)23-4)13-5-6-15-16(21)11-24-18(15)9-13/h5-9,12H,10-11H2,1-4H3. The summed E-state index contributed by atoms with van der Waals surface area (Å²) >= 11 is 0. The zero-order chi connectivity index (χ0) is 18.0. The van der Waals surface area contributed by atoms with Crippen LogP contribution in [0.4, 0.5) is 0 Å². The molecule has 0 radical (unpaired) electrons. The summed E-state index contributed by atoms with van der Waals surface area (Å²) in [5.74, 6) is 2.76. The lowest BCUT2D eigenvalue weighted by Gasteiger charge is -2.19. The van der Waals surface area contributed by atoms with Crippen molar-refractivity contribution >= 4 is 5.78 Å². The Kier molecular flexibility index (Phi) is 4.83. The maximum atomic E-state index is 11.8. The van der Waals surface area contributed by atoms with E-state index in [9.17, 15) is 4.79 Å². The van der Waals surface area contributed by atoms with Gasteiger partial charge in [0, 0.05) is 5.56 Å². The fraction of sp³-hybridized carbons (Fsp3) is 0.350. The lowest BCUT2D eigenvalue weighted by atomic mass is 10.0. The Morgan fingerprint density at radius 3 is 2.48 bits per heavy atom. The molecule has 1 aliphatic rings. The molecule has 0 N–H and O–H groups in total. The largest absolute Gasteiger partial charge is 0.493 e. The van der Waals surface area contributed by atoms with Gasteiger partial charge in [-0.2, -0.15) is 0 Å². The van der Waals surface area contributed by atoms with Gasteiger partial charge in [0.1, 0.15) is 5.75 Å². The van der Waals surface area contributed by atoms with E-state index in [1.165, 1.54) is 0 Å². The van der Waals surface area contributed by atoms with Gasteiger partial charge in [0.15, 0.2) is 18.1 Å². The minimum Gasteiger partial charge on any atom is -0.493 e. The minimum atomic E-state index is 0.00476. The van der Waals surface area contributed by atoms with Gasteiger partial charge in [-0.1, -0.05) is 19.9 Å². The molecule has 0 aliphatic carbocycles. The normalized spacial score (nSPS) is 12.8. The molecule has 0 fully saturated rings. The number of fused-ring (bicyclic) bond motifs is 1. The van der Waals surface area contributed by atoms with Crippen molar-refractivity contribution in [3.8, 4) is 34.1 Å². The van der Waals surface area contributed by atoms with Crippen molar-refractivity contribution in [2.75, 3.05) is 27.4 Å². The van der Waals surface area contributed by atoms with E-state index < -0.39 is 0 Å². The third-order valence-electron chi connectivity index (χ3n) is 4.01. The van der Waals surface area contributed by atoms with Gasteiger partial charge in [-0.05, 0) is 35.7 Å². The average Bonchev–Trinajstić information content (AvgIpc) is 2.99. The summed E-state index contributed by atoms with van der Waals surface area (Å²) in [6.07, 6.45) is 0. The van der Waals surface area contributed by atoms with Gasteiger partial charge < -0.3 is 18.9 Å². The summed E-state index contributed by atoms with van der Waals surface area (Å²) in [7, 11) is 3.19. The molecule has 0 spiro atoms. The van der Waals surface area contributed by atoms with Crippen molar-refractivity contribution in [3.63, 3.8) is 0 Å².